The summed E-state index contributed by atoms with van der Waals surface area (Å²) < 4.78 is 0. The third-order valence-corrected chi connectivity index (χ3v) is 6.31. The van der Waals surface area contributed by atoms with Crippen molar-refractivity contribution in [1.29, 1.82) is 0 Å². The molecule has 4 heteroatoms. The fraction of sp³-hybridized carbons (Fsp3) is 0.133. The number of hydrogen-bond donors (Lipinski definition) is 2. The Bertz CT molecular complexity index is 1200. The van der Waals surface area contributed by atoms with E-state index in [1.807, 2.05) is 110 Å². The molecule has 0 heterocycles. The minimum atomic E-state index is -0.979. The van der Waals surface area contributed by atoms with E-state index in [0.29, 0.717) is 6.42 Å². The first-order chi connectivity index (χ1) is 16.5. The van der Waals surface area contributed by atoms with Crippen LogP contribution in [0.2, 0.25) is 0 Å². The van der Waals surface area contributed by atoms with Gasteiger partial charge in [-0.3, -0.25) is 9.59 Å². The summed E-state index contributed by atoms with van der Waals surface area (Å²) in [7, 11) is 0. The van der Waals surface area contributed by atoms with Crippen LogP contribution in [0, 0.1) is 0 Å². The summed E-state index contributed by atoms with van der Waals surface area (Å²) in [6.45, 7) is 1.87. The average molecular weight is 449 g/mol. The standard InChI is InChI=1S/C30H28N2O2/c1-30(25-13-7-3-8-14-25,26-15-9-4-10-16-26)29(34)32-27(28(31)33)21-22-17-19-24(20-18-22)23-11-5-2-6-12-23/h2-20,27H,21H2,1H3,(H2,31,33)(H,32,34)/t27-/m1/s1. The van der Waals surface area contributed by atoms with Gasteiger partial charge in [-0.25, -0.2) is 0 Å². The lowest BCUT2D eigenvalue weighted by Gasteiger charge is -2.31. The van der Waals surface area contributed by atoms with Crippen LogP contribution in [0.1, 0.15) is 23.6 Å². The van der Waals surface area contributed by atoms with Gasteiger partial charge >= 0.3 is 0 Å². The second-order valence-corrected chi connectivity index (χ2v) is 8.55. The molecule has 0 unspecified atom stereocenters. The van der Waals surface area contributed by atoms with Gasteiger partial charge in [-0.05, 0) is 34.7 Å². The highest BCUT2D eigenvalue weighted by atomic mass is 16.2. The van der Waals surface area contributed by atoms with E-state index in [1.54, 1.807) is 0 Å². The molecule has 0 aliphatic carbocycles. The zero-order valence-electron chi connectivity index (χ0n) is 19.1. The number of rotatable bonds is 8. The number of hydrogen-bond acceptors (Lipinski definition) is 2. The Morgan fingerprint density at radius 1 is 0.706 bits per heavy atom. The lowest BCUT2D eigenvalue weighted by Crippen LogP contribution is -2.52. The Morgan fingerprint density at radius 2 is 1.15 bits per heavy atom. The maximum atomic E-state index is 13.7. The molecular formula is C30H28N2O2. The first-order valence-electron chi connectivity index (χ1n) is 11.3. The molecule has 4 nitrogen and oxygen atoms in total. The van der Waals surface area contributed by atoms with Crippen molar-refractivity contribution in [2.45, 2.75) is 24.8 Å². The Balaban J connectivity index is 1.58. The van der Waals surface area contributed by atoms with Gasteiger partial charge in [0, 0.05) is 6.42 Å². The van der Waals surface area contributed by atoms with Crippen LogP contribution in [-0.2, 0) is 21.4 Å². The fourth-order valence-corrected chi connectivity index (χ4v) is 4.20. The van der Waals surface area contributed by atoms with Gasteiger partial charge in [0.1, 0.15) is 6.04 Å². The van der Waals surface area contributed by atoms with Gasteiger partial charge < -0.3 is 11.1 Å². The average Bonchev–Trinajstić information content (AvgIpc) is 2.89. The summed E-state index contributed by atoms with van der Waals surface area (Å²) in [6, 6.07) is 36.4. The van der Waals surface area contributed by atoms with E-state index in [9.17, 15) is 9.59 Å². The molecular weight excluding hydrogens is 420 g/mol. The molecule has 0 spiro atoms. The zero-order chi connectivity index (χ0) is 24.0. The summed E-state index contributed by atoms with van der Waals surface area (Å²) in [4.78, 5) is 26.0. The van der Waals surface area contributed by atoms with Crippen molar-refractivity contribution in [2.75, 3.05) is 0 Å². The Kier molecular flexibility index (Phi) is 6.88. The molecule has 1 atom stereocenters. The SMILES string of the molecule is CC(C(=O)N[C@H](Cc1ccc(-c2ccccc2)cc1)C(N)=O)(c1ccccc1)c1ccccc1. The highest BCUT2D eigenvalue weighted by Crippen LogP contribution is 2.32. The molecule has 3 N–H and O–H groups in total. The van der Waals surface area contributed by atoms with Crippen molar-refractivity contribution in [3.05, 3.63) is 132 Å². The van der Waals surface area contributed by atoms with Crippen LogP contribution in [0.4, 0.5) is 0 Å². The fourth-order valence-electron chi connectivity index (χ4n) is 4.20. The van der Waals surface area contributed by atoms with Crippen molar-refractivity contribution >= 4 is 11.8 Å². The topological polar surface area (TPSA) is 72.2 Å². The maximum absolute atomic E-state index is 13.7. The monoisotopic (exact) mass is 448 g/mol. The van der Waals surface area contributed by atoms with Crippen LogP contribution in [-0.4, -0.2) is 17.9 Å². The highest BCUT2D eigenvalue weighted by molar-refractivity contribution is 5.95. The lowest BCUT2D eigenvalue weighted by atomic mass is 9.75. The molecule has 170 valence electrons. The second kappa shape index (κ2) is 10.2. The molecule has 0 radical (unpaired) electrons. The van der Waals surface area contributed by atoms with Gasteiger partial charge in [-0.15, -0.1) is 0 Å². The van der Waals surface area contributed by atoms with Gasteiger partial charge in [0.05, 0.1) is 5.41 Å². The first kappa shape index (κ1) is 23.0. The summed E-state index contributed by atoms with van der Waals surface area (Å²) in [5.74, 6) is -0.835. The van der Waals surface area contributed by atoms with E-state index in [0.717, 1.165) is 27.8 Å². The van der Waals surface area contributed by atoms with Crippen molar-refractivity contribution < 1.29 is 9.59 Å². The minimum absolute atomic E-state index is 0.269. The number of carbonyl (C=O) groups excluding carboxylic acids is 2. The normalized spacial score (nSPS) is 12.0. The summed E-state index contributed by atoms with van der Waals surface area (Å²) in [5, 5.41) is 2.94. The molecule has 34 heavy (non-hydrogen) atoms. The van der Waals surface area contributed by atoms with Crippen molar-refractivity contribution in [3.63, 3.8) is 0 Å². The highest BCUT2D eigenvalue weighted by Gasteiger charge is 2.38. The number of carbonyl (C=O) groups is 2. The molecule has 4 aromatic rings. The smallest absolute Gasteiger partial charge is 0.240 e. The van der Waals surface area contributed by atoms with Crippen molar-refractivity contribution in [1.82, 2.24) is 5.32 Å². The molecule has 0 aromatic heterocycles. The van der Waals surface area contributed by atoms with Crippen LogP contribution >= 0.6 is 0 Å². The molecule has 2 amide bonds. The first-order valence-corrected chi connectivity index (χ1v) is 11.3. The van der Waals surface area contributed by atoms with E-state index in [4.69, 9.17) is 5.73 Å². The van der Waals surface area contributed by atoms with Crippen LogP contribution < -0.4 is 11.1 Å². The number of nitrogens with two attached hydrogens (primary N) is 1. The van der Waals surface area contributed by atoms with Crippen molar-refractivity contribution in [2.24, 2.45) is 5.73 Å². The van der Waals surface area contributed by atoms with E-state index in [2.05, 4.69) is 17.4 Å². The van der Waals surface area contributed by atoms with Gasteiger partial charge in [0.2, 0.25) is 11.8 Å². The Morgan fingerprint density at radius 3 is 1.62 bits per heavy atom. The number of benzene rings is 4. The molecule has 0 fully saturated rings. The molecule has 4 rings (SSSR count). The van der Waals surface area contributed by atoms with E-state index < -0.39 is 17.4 Å². The van der Waals surface area contributed by atoms with Gasteiger partial charge in [0.15, 0.2) is 0 Å². The van der Waals surface area contributed by atoms with E-state index in [1.165, 1.54) is 0 Å². The van der Waals surface area contributed by atoms with Crippen LogP contribution in [0.5, 0.6) is 0 Å². The van der Waals surface area contributed by atoms with Gasteiger partial charge in [-0.2, -0.15) is 0 Å². The number of primary amides is 1. The van der Waals surface area contributed by atoms with Crippen molar-refractivity contribution in [3.8, 4) is 11.1 Å². The van der Waals surface area contributed by atoms with Gasteiger partial charge in [-0.1, -0.05) is 115 Å². The number of amides is 2. The molecule has 0 saturated carbocycles. The second-order valence-electron chi connectivity index (χ2n) is 8.55. The Hall–Kier alpha value is -4.18. The third kappa shape index (κ3) is 4.91. The predicted molar refractivity (Wildman–Crippen MR) is 136 cm³/mol. The lowest BCUT2D eigenvalue weighted by molar-refractivity contribution is -0.129. The molecule has 0 aliphatic heterocycles. The molecule has 0 aliphatic rings. The molecule has 0 bridgehead atoms. The number of nitrogens with one attached hydrogen (secondary N) is 1. The minimum Gasteiger partial charge on any atom is -0.368 e. The quantitative estimate of drug-likeness (QED) is 0.404. The predicted octanol–water partition coefficient (Wildman–Crippen LogP) is 4.87. The van der Waals surface area contributed by atoms with E-state index in [-0.39, 0.29) is 5.91 Å². The zero-order valence-corrected chi connectivity index (χ0v) is 19.1. The summed E-state index contributed by atoms with van der Waals surface area (Å²) >= 11 is 0. The van der Waals surface area contributed by atoms with Crippen LogP contribution in [0.15, 0.2) is 115 Å². The molecule has 0 saturated heterocycles. The van der Waals surface area contributed by atoms with Gasteiger partial charge in [0.25, 0.3) is 0 Å². The largest absolute Gasteiger partial charge is 0.368 e. The Labute approximate surface area is 200 Å². The summed E-state index contributed by atoms with van der Waals surface area (Å²) in [5.41, 5.74) is 9.56. The third-order valence-electron chi connectivity index (χ3n) is 6.31. The summed E-state index contributed by atoms with van der Waals surface area (Å²) in [6.07, 6.45) is 0.315. The van der Waals surface area contributed by atoms with E-state index >= 15 is 0 Å². The maximum Gasteiger partial charge on any atom is 0.240 e. The van der Waals surface area contributed by atoms with Crippen LogP contribution in [0.25, 0.3) is 11.1 Å². The van der Waals surface area contributed by atoms with Crippen LogP contribution in [0.3, 0.4) is 0 Å². The molecule has 4 aromatic carbocycles.